The molecule has 0 unspecified atom stereocenters. The monoisotopic (exact) mass is 774 g/mol. The van der Waals surface area contributed by atoms with Gasteiger partial charge in [0.15, 0.2) is 12.6 Å². The molecule has 3 heterocycles. The minimum atomic E-state index is -1.70. The van der Waals surface area contributed by atoms with Crippen LogP contribution in [0.1, 0.15) is 71.6 Å². The third-order valence-corrected chi connectivity index (χ3v) is 14.6. The number of aliphatic hydroxyl groups excluding tert-OH is 10. The van der Waals surface area contributed by atoms with Gasteiger partial charge in [-0.15, -0.1) is 0 Å². The molecule has 0 amide bonds. The average Bonchev–Trinajstić information content (AvgIpc) is 3.34. The van der Waals surface area contributed by atoms with E-state index in [9.17, 15) is 55.9 Å². The summed E-state index contributed by atoms with van der Waals surface area (Å²) in [6.45, 7) is 6.96. The summed E-state index contributed by atoms with van der Waals surface area (Å²) in [7, 11) is 0. The lowest BCUT2D eigenvalue weighted by Crippen LogP contribution is -2.64. The molecule has 3 saturated heterocycles. The molecular weight excluding hydrogens is 716 g/mol. The van der Waals surface area contributed by atoms with Gasteiger partial charge in [-0.2, -0.15) is 0 Å². The molecule has 2 bridgehead atoms. The van der Waals surface area contributed by atoms with E-state index in [0.29, 0.717) is 38.5 Å². The first kappa shape index (κ1) is 40.8. The lowest BCUT2D eigenvalue weighted by atomic mass is 9.41. The molecule has 0 radical (unpaired) electrons. The Hall–Kier alpha value is -1.39. The van der Waals surface area contributed by atoms with Crippen molar-refractivity contribution < 1.29 is 84.3 Å². The van der Waals surface area contributed by atoms with Crippen LogP contribution in [-0.2, 0) is 33.2 Å². The molecule has 0 aromatic carbocycles. The number of carbonyl (C=O) groups excluding carboxylic acids is 1. The van der Waals surface area contributed by atoms with Gasteiger partial charge in [-0.1, -0.05) is 19.9 Å². The van der Waals surface area contributed by atoms with Gasteiger partial charge >= 0.3 is 5.97 Å². The third-order valence-electron chi connectivity index (χ3n) is 14.6. The first-order chi connectivity index (χ1) is 25.4. The third kappa shape index (κ3) is 6.39. The lowest BCUT2D eigenvalue weighted by Gasteiger charge is -2.64. The number of hydrogen-bond acceptors (Lipinski definition) is 17. The molecule has 4 aliphatic carbocycles. The van der Waals surface area contributed by atoms with Crippen molar-refractivity contribution in [3.63, 3.8) is 0 Å². The summed E-state index contributed by atoms with van der Waals surface area (Å²) < 4.78 is 35.4. The summed E-state index contributed by atoms with van der Waals surface area (Å²) in [6, 6.07) is 0. The van der Waals surface area contributed by atoms with E-state index in [0.717, 1.165) is 24.8 Å². The number of rotatable bonds is 8. The van der Waals surface area contributed by atoms with Gasteiger partial charge in [0, 0.05) is 0 Å². The topological polar surface area (TPSA) is 275 Å². The van der Waals surface area contributed by atoms with Crippen LogP contribution in [0.15, 0.2) is 12.2 Å². The van der Waals surface area contributed by atoms with Crippen molar-refractivity contribution in [1.82, 2.24) is 0 Å². The van der Waals surface area contributed by atoms with Crippen molar-refractivity contribution >= 4 is 5.97 Å². The van der Waals surface area contributed by atoms with E-state index in [1.54, 1.807) is 0 Å². The number of carbonyl (C=O) groups is 1. The quantitative estimate of drug-likeness (QED) is 0.0706. The molecule has 0 aromatic heterocycles. The second-order valence-electron chi connectivity index (χ2n) is 17.6. The molecular formula is C37H58O17. The molecule has 308 valence electrons. The van der Waals surface area contributed by atoms with Crippen LogP contribution in [-0.4, -0.2) is 168 Å². The summed E-state index contributed by atoms with van der Waals surface area (Å²) in [5.41, 5.74) is -1.65. The molecule has 7 rings (SSSR count). The van der Waals surface area contributed by atoms with Crippen LogP contribution in [0.3, 0.4) is 0 Å². The van der Waals surface area contributed by atoms with Gasteiger partial charge in [-0.05, 0) is 86.5 Å². The zero-order valence-electron chi connectivity index (χ0n) is 30.8. The Morgan fingerprint density at radius 2 is 1.39 bits per heavy atom. The fourth-order valence-electron chi connectivity index (χ4n) is 11.7. The summed E-state index contributed by atoms with van der Waals surface area (Å²) >= 11 is 0. The minimum absolute atomic E-state index is 0.105. The van der Waals surface area contributed by atoms with Crippen molar-refractivity contribution in [2.75, 3.05) is 19.8 Å². The Morgan fingerprint density at radius 3 is 2.07 bits per heavy atom. The number of hydrogen-bond donors (Lipinski definition) is 10. The maximum Gasteiger partial charge on any atom is 0.314 e. The molecule has 17 nitrogen and oxygen atoms in total. The molecule has 0 aromatic rings. The largest absolute Gasteiger partial charge is 0.432 e. The van der Waals surface area contributed by atoms with Crippen LogP contribution in [0.25, 0.3) is 0 Å². The molecule has 10 N–H and O–H groups in total. The molecule has 1 spiro atoms. The molecule has 7 fully saturated rings. The van der Waals surface area contributed by atoms with Crippen molar-refractivity contribution in [1.29, 1.82) is 0 Å². The highest BCUT2D eigenvalue weighted by molar-refractivity contribution is 5.77. The molecule has 20 atom stereocenters. The summed E-state index contributed by atoms with van der Waals surface area (Å²) in [4.78, 5) is 14.1. The number of esters is 1. The number of ether oxygens (including phenoxy) is 6. The Morgan fingerprint density at radius 1 is 0.759 bits per heavy atom. The van der Waals surface area contributed by atoms with Crippen LogP contribution in [0, 0.1) is 28.1 Å². The van der Waals surface area contributed by atoms with Gasteiger partial charge in [0.05, 0.1) is 30.8 Å². The van der Waals surface area contributed by atoms with Gasteiger partial charge in [0.25, 0.3) is 0 Å². The predicted octanol–water partition coefficient (Wildman–Crippen LogP) is -2.30. The highest BCUT2D eigenvalue weighted by Gasteiger charge is 2.69. The van der Waals surface area contributed by atoms with Gasteiger partial charge in [0.2, 0.25) is 6.29 Å². The number of aliphatic hydroxyl groups is 10. The van der Waals surface area contributed by atoms with Crippen molar-refractivity contribution in [3.8, 4) is 0 Å². The van der Waals surface area contributed by atoms with Gasteiger partial charge in [-0.3, -0.25) is 4.79 Å². The Labute approximate surface area is 313 Å². The Kier molecular flexibility index (Phi) is 11.2. The van der Waals surface area contributed by atoms with Crippen molar-refractivity contribution in [2.24, 2.45) is 28.1 Å². The SMILES string of the molecule is C=C1C[C@]23CC[C@@H]4[C@](C)(CCC[C@@]4(C)C(=O)O[C@@H]4O[C@H](CO)[C@@H](O)[C@H](O)[C@H]4O)[C@H]2CC[C@@]1(O[C@@H]1O[C@H](CO)[C@@H](O)[C@H](O)[C@H]1O[C@@H]1OC[C@@H](O)[C@H](O)[C@H]1O)C3. The fraction of sp³-hybridized carbons (Fsp3) is 0.919. The van der Waals surface area contributed by atoms with Crippen LogP contribution in [0.4, 0.5) is 0 Å². The van der Waals surface area contributed by atoms with Gasteiger partial charge in [0.1, 0.15) is 67.1 Å². The van der Waals surface area contributed by atoms with Crippen LogP contribution >= 0.6 is 0 Å². The smallest absolute Gasteiger partial charge is 0.314 e. The van der Waals surface area contributed by atoms with Crippen molar-refractivity contribution in [3.05, 3.63) is 12.2 Å². The maximum atomic E-state index is 14.1. The molecule has 3 aliphatic heterocycles. The van der Waals surface area contributed by atoms with E-state index in [-0.39, 0.29) is 29.3 Å². The zero-order chi connectivity index (χ0) is 39.1. The second kappa shape index (κ2) is 14.8. The van der Waals surface area contributed by atoms with Crippen LogP contribution in [0.5, 0.6) is 0 Å². The molecule has 54 heavy (non-hydrogen) atoms. The van der Waals surface area contributed by atoms with Gasteiger partial charge < -0.3 is 79.5 Å². The minimum Gasteiger partial charge on any atom is -0.432 e. The summed E-state index contributed by atoms with van der Waals surface area (Å²) in [6.07, 6.45) is -15.1. The van der Waals surface area contributed by atoms with Crippen LogP contribution in [0.2, 0.25) is 0 Å². The van der Waals surface area contributed by atoms with Crippen LogP contribution < -0.4 is 0 Å². The first-order valence-electron chi connectivity index (χ1n) is 19.3. The first-order valence-corrected chi connectivity index (χ1v) is 19.3. The van der Waals surface area contributed by atoms with E-state index >= 15 is 0 Å². The predicted molar refractivity (Wildman–Crippen MR) is 180 cm³/mol. The lowest BCUT2D eigenvalue weighted by molar-refractivity contribution is -0.370. The van der Waals surface area contributed by atoms with E-state index in [4.69, 9.17) is 28.4 Å². The Balaban J connectivity index is 1.10. The normalized spacial score (nSPS) is 54.8. The molecule has 17 heteroatoms. The maximum absolute atomic E-state index is 14.1. The summed E-state index contributed by atoms with van der Waals surface area (Å²) in [5, 5.41) is 103. The molecule has 4 saturated carbocycles. The Bertz CT molecular complexity index is 1400. The van der Waals surface area contributed by atoms with Crippen molar-refractivity contribution in [2.45, 2.75) is 163 Å². The fourth-order valence-corrected chi connectivity index (χ4v) is 11.7. The number of fused-ring (bicyclic) bond motifs is 3. The van der Waals surface area contributed by atoms with E-state index in [2.05, 4.69) is 13.5 Å². The average molecular weight is 775 g/mol. The highest BCUT2D eigenvalue weighted by atomic mass is 16.8. The second-order valence-corrected chi connectivity index (χ2v) is 17.6. The zero-order valence-corrected chi connectivity index (χ0v) is 30.8. The van der Waals surface area contributed by atoms with Gasteiger partial charge in [-0.25, -0.2) is 0 Å². The summed E-state index contributed by atoms with van der Waals surface area (Å²) in [5.74, 6) is -0.530. The highest BCUT2D eigenvalue weighted by Crippen LogP contribution is 2.73. The molecule has 7 aliphatic rings. The standard InChI is InChI=1S/C37H58O17/c1-16-11-36-9-5-20-34(2,7-4-8-35(20,3)33(48)53-31-28(47)25(44)23(42)18(12-38)50-31)21(36)6-10-37(16,15-36)54-32-29(26(45)24(43)19(13-39)51-32)52-30-27(46)22(41)17(40)14-49-30/h17-32,38-47H,1,4-15H2,2-3H3/t17-,18-,19-,20-,21-,22+,23-,24-,25+,26+,27-,28-,29-,30+,31+,32+,34+,35-,36+,37-/m1/s1. The van der Waals surface area contributed by atoms with E-state index in [1.807, 2.05) is 6.92 Å². The van der Waals surface area contributed by atoms with E-state index in [1.165, 1.54) is 0 Å². The van der Waals surface area contributed by atoms with E-state index < -0.39 is 116 Å².